The van der Waals surface area contributed by atoms with E-state index in [4.69, 9.17) is 5.11 Å². The molecule has 1 heterocycles. The number of phenols is 1. The maximum atomic E-state index is 11.2. The van der Waals surface area contributed by atoms with E-state index in [1.165, 1.54) is 0 Å². The van der Waals surface area contributed by atoms with Gasteiger partial charge >= 0.3 is 5.97 Å². The van der Waals surface area contributed by atoms with Gasteiger partial charge < -0.3 is 10.2 Å². The van der Waals surface area contributed by atoms with E-state index < -0.39 is 11.2 Å². The number of benzene rings is 2. The van der Waals surface area contributed by atoms with E-state index in [1.54, 1.807) is 35.8 Å². The van der Waals surface area contributed by atoms with E-state index in [0.29, 0.717) is 16.5 Å². The van der Waals surface area contributed by atoms with Gasteiger partial charge in [-0.05, 0) is 31.2 Å². The number of aromatic nitrogens is 3. The van der Waals surface area contributed by atoms with Gasteiger partial charge in [-0.2, -0.15) is 0 Å². The Morgan fingerprint density at radius 2 is 1.75 bits per heavy atom. The van der Waals surface area contributed by atoms with Crippen LogP contribution in [0.1, 0.15) is 6.92 Å². The molecule has 0 radical (unpaired) electrons. The van der Waals surface area contributed by atoms with Crippen LogP contribution in [0.15, 0.2) is 59.8 Å². The fourth-order valence-corrected chi connectivity index (χ4v) is 3.00. The Hall–Kier alpha value is -2.80. The van der Waals surface area contributed by atoms with E-state index in [9.17, 15) is 9.90 Å². The Morgan fingerprint density at radius 3 is 2.42 bits per heavy atom. The fourth-order valence-electron chi connectivity index (χ4n) is 2.20. The lowest BCUT2D eigenvalue weighted by atomic mass is 10.2. The largest absolute Gasteiger partial charge is 0.507 e. The molecule has 0 bridgehead atoms. The van der Waals surface area contributed by atoms with Crippen LogP contribution < -0.4 is 0 Å². The number of aliphatic carboxylic acids is 1. The van der Waals surface area contributed by atoms with E-state index in [2.05, 4.69) is 10.2 Å². The molecule has 0 aliphatic carbocycles. The number of thioether (sulfide) groups is 1. The van der Waals surface area contributed by atoms with Crippen LogP contribution in [-0.4, -0.2) is 36.2 Å². The molecule has 0 aliphatic rings. The van der Waals surface area contributed by atoms with Crippen LogP contribution in [0.4, 0.5) is 0 Å². The van der Waals surface area contributed by atoms with Crippen LogP contribution in [0.25, 0.3) is 17.1 Å². The highest BCUT2D eigenvalue weighted by Gasteiger charge is 2.22. The van der Waals surface area contributed by atoms with Gasteiger partial charge in [0.05, 0.1) is 5.56 Å². The molecular formula is C17H15N3O3S. The summed E-state index contributed by atoms with van der Waals surface area (Å²) in [6.45, 7) is 1.59. The van der Waals surface area contributed by atoms with Crippen LogP contribution in [0.3, 0.4) is 0 Å². The predicted molar refractivity (Wildman–Crippen MR) is 91.4 cm³/mol. The first-order chi connectivity index (χ1) is 11.6. The average Bonchev–Trinajstić information content (AvgIpc) is 2.99. The zero-order valence-electron chi connectivity index (χ0n) is 12.8. The van der Waals surface area contributed by atoms with Gasteiger partial charge in [0.1, 0.15) is 11.0 Å². The topological polar surface area (TPSA) is 88.2 Å². The van der Waals surface area contributed by atoms with Crippen molar-refractivity contribution in [3.8, 4) is 22.8 Å². The number of rotatable bonds is 5. The van der Waals surface area contributed by atoms with Gasteiger partial charge in [0.25, 0.3) is 0 Å². The van der Waals surface area contributed by atoms with Crippen LogP contribution >= 0.6 is 11.8 Å². The third kappa shape index (κ3) is 3.11. The molecule has 0 aliphatic heterocycles. The Kier molecular flexibility index (Phi) is 4.52. The number of carboxylic acids is 1. The molecule has 7 heteroatoms. The van der Waals surface area contributed by atoms with Gasteiger partial charge in [-0.1, -0.05) is 42.1 Å². The zero-order valence-corrected chi connectivity index (χ0v) is 13.6. The standard InChI is InChI=1S/C17H15N3O3S/c1-11(16(22)23)24-17-19-18-15(13-9-5-6-10-14(13)21)20(17)12-7-3-2-4-8-12/h2-11,21H,1H3,(H,22,23). The number of nitrogens with zero attached hydrogens (tertiary/aromatic N) is 3. The molecule has 0 saturated heterocycles. The SMILES string of the molecule is CC(Sc1nnc(-c2ccccc2O)n1-c1ccccc1)C(=O)O. The van der Waals surface area contributed by atoms with Crippen molar-refractivity contribution in [2.75, 3.05) is 0 Å². The highest BCUT2D eigenvalue weighted by molar-refractivity contribution is 8.00. The molecule has 2 aromatic carbocycles. The zero-order chi connectivity index (χ0) is 17.1. The Balaban J connectivity index is 2.15. The summed E-state index contributed by atoms with van der Waals surface area (Å²) in [4.78, 5) is 11.2. The number of carbonyl (C=O) groups is 1. The first-order valence-electron chi connectivity index (χ1n) is 7.26. The second-order valence-corrected chi connectivity index (χ2v) is 6.40. The van der Waals surface area contributed by atoms with Crippen molar-refractivity contribution >= 4 is 17.7 Å². The monoisotopic (exact) mass is 341 g/mol. The molecule has 0 saturated carbocycles. The number of para-hydroxylation sites is 2. The van der Waals surface area contributed by atoms with Gasteiger partial charge in [-0.15, -0.1) is 10.2 Å². The van der Waals surface area contributed by atoms with Crippen LogP contribution in [0.5, 0.6) is 5.75 Å². The van der Waals surface area contributed by atoms with Crippen LogP contribution in [0, 0.1) is 0 Å². The first-order valence-corrected chi connectivity index (χ1v) is 8.14. The molecule has 6 nitrogen and oxygen atoms in total. The fraction of sp³-hybridized carbons (Fsp3) is 0.118. The van der Waals surface area contributed by atoms with E-state index in [-0.39, 0.29) is 5.75 Å². The number of phenolic OH excluding ortho intramolecular Hbond substituents is 1. The number of hydrogen-bond donors (Lipinski definition) is 2. The maximum Gasteiger partial charge on any atom is 0.316 e. The lowest BCUT2D eigenvalue weighted by molar-refractivity contribution is -0.136. The maximum absolute atomic E-state index is 11.2. The van der Waals surface area contributed by atoms with Gasteiger partial charge in [0, 0.05) is 5.69 Å². The summed E-state index contributed by atoms with van der Waals surface area (Å²) in [5.74, 6) is -0.379. The minimum absolute atomic E-state index is 0.0879. The molecule has 1 aromatic heterocycles. The summed E-state index contributed by atoms with van der Waals surface area (Å²) in [5, 5.41) is 27.4. The summed E-state index contributed by atoms with van der Waals surface area (Å²) in [6, 6.07) is 16.2. The Bertz CT molecular complexity index is 865. The van der Waals surface area contributed by atoms with Crippen molar-refractivity contribution in [2.45, 2.75) is 17.3 Å². The van der Waals surface area contributed by atoms with Crippen LogP contribution in [0.2, 0.25) is 0 Å². The molecule has 3 aromatic rings. The van der Waals surface area contributed by atoms with Crippen molar-refractivity contribution in [1.82, 2.24) is 14.8 Å². The molecule has 122 valence electrons. The molecule has 0 amide bonds. The molecule has 3 rings (SSSR count). The van der Waals surface area contributed by atoms with Crippen molar-refractivity contribution in [1.29, 1.82) is 0 Å². The second kappa shape index (κ2) is 6.76. The summed E-state index contributed by atoms with van der Waals surface area (Å²) in [6.07, 6.45) is 0. The molecule has 2 N–H and O–H groups in total. The van der Waals surface area contributed by atoms with Gasteiger partial charge in [-0.25, -0.2) is 0 Å². The molecule has 1 atom stereocenters. The lowest BCUT2D eigenvalue weighted by Gasteiger charge is -2.12. The van der Waals surface area contributed by atoms with Crippen molar-refractivity contribution in [3.05, 3.63) is 54.6 Å². The smallest absolute Gasteiger partial charge is 0.316 e. The van der Waals surface area contributed by atoms with E-state index in [1.807, 2.05) is 30.3 Å². The molecule has 0 spiro atoms. The number of aromatic hydroxyl groups is 1. The van der Waals surface area contributed by atoms with Crippen LogP contribution in [-0.2, 0) is 4.79 Å². The lowest BCUT2D eigenvalue weighted by Crippen LogP contribution is -2.12. The summed E-state index contributed by atoms with van der Waals surface area (Å²) in [5.41, 5.74) is 1.32. The average molecular weight is 341 g/mol. The number of hydrogen-bond acceptors (Lipinski definition) is 5. The van der Waals surface area contributed by atoms with Gasteiger partial charge in [-0.3, -0.25) is 9.36 Å². The molecule has 24 heavy (non-hydrogen) atoms. The minimum atomic E-state index is -0.924. The van der Waals surface area contributed by atoms with Crippen molar-refractivity contribution < 1.29 is 15.0 Å². The van der Waals surface area contributed by atoms with Crippen molar-refractivity contribution in [3.63, 3.8) is 0 Å². The Morgan fingerprint density at radius 1 is 1.08 bits per heavy atom. The molecular weight excluding hydrogens is 326 g/mol. The minimum Gasteiger partial charge on any atom is -0.507 e. The van der Waals surface area contributed by atoms with E-state index >= 15 is 0 Å². The predicted octanol–water partition coefficient (Wildman–Crippen LogP) is 3.21. The van der Waals surface area contributed by atoms with Gasteiger partial charge in [0.15, 0.2) is 11.0 Å². The van der Waals surface area contributed by atoms with Crippen molar-refractivity contribution in [2.24, 2.45) is 0 Å². The Labute approximate surface area is 142 Å². The van der Waals surface area contributed by atoms with Gasteiger partial charge in [0.2, 0.25) is 0 Å². The molecule has 0 fully saturated rings. The second-order valence-electron chi connectivity index (χ2n) is 5.09. The highest BCUT2D eigenvalue weighted by atomic mass is 32.2. The number of carboxylic acid groups (broad SMARTS) is 1. The third-order valence-corrected chi connectivity index (χ3v) is 4.45. The highest BCUT2D eigenvalue weighted by Crippen LogP contribution is 2.33. The summed E-state index contributed by atoms with van der Waals surface area (Å²) < 4.78 is 1.75. The summed E-state index contributed by atoms with van der Waals surface area (Å²) in [7, 11) is 0. The molecule has 1 unspecified atom stereocenters. The quantitative estimate of drug-likeness (QED) is 0.693. The third-order valence-electron chi connectivity index (χ3n) is 3.42. The normalized spacial score (nSPS) is 12.0. The van der Waals surface area contributed by atoms with E-state index in [0.717, 1.165) is 17.4 Å². The summed E-state index contributed by atoms with van der Waals surface area (Å²) >= 11 is 1.10. The first kappa shape index (κ1) is 16.1.